The van der Waals surface area contributed by atoms with Crippen LogP contribution in [0.25, 0.3) is 4.85 Å². The Kier molecular flexibility index (Phi) is 3.40. The summed E-state index contributed by atoms with van der Waals surface area (Å²) >= 11 is 0. The zero-order valence-corrected chi connectivity index (χ0v) is 5.23. The minimum absolute atomic E-state index is 0.417. The SMILES string of the molecule is CCC#[N+]C(C)C. The van der Waals surface area contributed by atoms with Crippen LogP contribution in [-0.2, 0) is 0 Å². The lowest BCUT2D eigenvalue weighted by Crippen LogP contribution is -1.80. The highest BCUT2D eigenvalue weighted by Crippen LogP contribution is 1.83. The highest BCUT2D eigenvalue weighted by atomic mass is 14.7. The minimum atomic E-state index is 0.417. The van der Waals surface area contributed by atoms with Gasteiger partial charge >= 0.3 is 0 Å². The molecule has 0 aromatic heterocycles. The highest BCUT2D eigenvalue weighted by molar-refractivity contribution is 4.87. The summed E-state index contributed by atoms with van der Waals surface area (Å²) in [5.74, 6) is 0. The Morgan fingerprint density at radius 2 is 2.14 bits per heavy atom. The smallest absolute Gasteiger partial charge is 0.0811 e. The average Bonchev–Trinajstić information content (AvgIpc) is 1.61. The van der Waals surface area contributed by atoms with Crippen molar-refractivity contribution in [3.63, 3.8) is 0 Å². The van der Waals surface area contributed by atoms with Crippen LogP contribution in [0.1, 0.15) is 27.2 Å². The summed E-state index contributed by atoms with van der Waals surface area (Å²) in [7, 11) is 0. The average molecular weight is 98.2 g/mol. The molecule has 0 radical (unpaired) electrons. The molecule has 7 heavy (non-hydrogen) atoms. The van der Waals surface area contributed by atoms with Crippen molar-refractivity contribution >= 4 is 0 Å². The fourth-order valence-corrected chi connectivity index (χ4v) is 0.274. The standard InChI is InChI=1S/C6H12N/c1-4-5-7-6(2)3/h6H,4H2,1-3H3/q+1. The molecule has 1 nitrogen and oxygen atoms in total. The van der Waals surface area contributed by atoms with Gasteiger partial charge in [0.15, 0.2) is 0 Å². The number of hydrogen-bond acceptors (Lipinski definition) is 0. The fourth-order valence-electron chi connectivity index (χ4n) is 0.274. The lowest BCUT2D eigenvalue weighted by Gasteiger charge is -1.68. The molecule has 0 fully saturated rings. The maximum absolute atomic E-state index is 3.99. The molecule has 0 saturated heterocycles. The summed E-state index contributed by atoms with van der Waals surface area (Å²) in [5.41, 5.74) is 0. The Hall–Kier alpha value is -0.510. The Morgan fingerprint density at radius 1 is 1.57 bits per heavy atom. The van der Waals surface area contributed by atoms with E-state index in [1.165, 1.54) is 0 Å². The molecule has 0 atom stereocenters. The maximum atomic E-state index is 3.99. The van der Waals surface area contributed by atoms with Crippen LogP contribution in [0.3, 0.4) is 0 Å². The van der Waals surface area contributed by atoms with Crippen LogP contribution in [0.5, 0.6) is 0 Å². The third-order valence-corrected chi connectivity index (χ3v) is 0.508. The summed E-state index contributed by atoms with van der Waals surface area (Å²) < 4.78 is 0. The Bertz CT molecular complexity index is 84.1. The van der Waals surface area contributed by atoms with Crippen LogP contribution < -0.4 is 0 Å². The lowest BCUT2D eigenvalue weighted by atomic mass is 10.4. The van der Waals surface area contributed by atoms with Crippen LogP contribution in [0.2, 0.25) is 0 Å². The molecule has 1 heteroatoms. The van der Waals surface area contributed by atoms with E-state index in [0.717, 1.165) is 6.42 Å². The van der Waals surface area contributed by atoms with E-state index >= 15 is 0 Å². The number of nitrogens with zero attached hydrogens (tertiary/aromatic N) is 1. The van der Waals surface area contributed by atoms with Gasteiger partial charge in [-0.2, -0.15) is 0 Å². The van der Waals surface area contributed by atoms with Gasteiger partial charge in [-0.15, -0.1) is 0 Å². The predicted molar refractivity (Wildman–Crippen MR) is 32.7 cm³/mol. The number of rotatable bonds is 0. The van der Waals surface area contributed by atoms with Crippen molar-refractivity contribution in [1.82, 2.24) is 0 Å². The van der Waals surface area contributed by atoms with Gasteiger partial charge in [-0.3, -0.25) is 0 Å². The van der Waals surface area contributed by atoms with Crippen molar-refractivity contribution < 1.29 is 0 Å². The molecule has 0 amide bonds. The first-order valence-corrected chi connectivity index (χ1v) is 2.70. The van der Waals surface area contributed by atoms with Gasteiger partial charge < -0.3 is 0 Å². The second kappa shape index (κ2) is 3.67. The van der Waals surface area contributed by atoms with Crippen LogP contribution in [0.15, 0.2) is 0 Å². The monoisotopic (exact) mass is 98.1 g/mol. The van der Waals surface area contributed by atoms with Crippen LogP contribution in [0.4, 0.5) is 0 Å². The third kappa shape index (κ3) is 5.49. The Balaban J connectivity index is 3.24. The largest absolute Gasteiger partial charge is 0.272 e. The molecular weight excluding hydrogens is 86.1 g/mol. The van der Waals surface area contributed by atoms with E-state index < -0.39 is 0 Å². The summed E-state index contributed by atoms with van der Waals surface area (Å²) in [6, 6.07) is 3.29. The molecule has 0 aromatic rings. The van der Waals surface area contributed by atoms with Crippen molar-refractivity contribution in [2.75, 3.05) is 0 Å². The molecule has 0 aromatic carbocycles. The van der Waals surface area contributed by atoms with Crippen molar-refractivity contribution in [2.45, 2.75) is 33.2 Å². The second-order valence-corrected chi connectivity index (χ2v) is 1.73. The fraction of sp³-hybridized carbons (Fsp3) is 0.833. The Morgan fingerprint density at radius 3 is 2.29 bits per heavy atom. The van der Waals surface area contributed by atoms with Crippen molar-refractivity contribution in [1.29, 1.82) is 0 Å². The van der Waals surface area contributed by atoms with Gasteiger partial charge in [0, 0.05) is 13.8 Å². The van der Waals surface area contributed by atoms with E-state index in [2.05, 4.69) is 10.9 Å². The van der Waals surface area contributed by atoms with Gasteiger partial charge in [0.25, 0.3) is 12.1 Å². The first-order valence-electron chi connectivity index (χ1n) is 2.70. The summed E-state index contributed by atoms with van der Waals surface area (Å²) in [6.45, 7) is 6.12. The van der Waals surface area contributed by atoms with Gasteiger partial charge in [0.1, 0.15) is 0 Å². The van der Waals surface area contributed by atoms with E-state index in [9.17, 15) is 0 Å². The van der Waals surface area contributed by atoms with Crippen LogP contribution in [0, 0.1) is 6.07 Å². The second-order valence-electron chi connectivity index (χ2n) is 1.73. The van der Waals surface area contributed by atoms with Crippen molar-refractivity contribution in [3.05, 3.63) is 4.85 Å². The predicted octanol–water partition coefficient (Wildman–Crippen LogP) is 2.14. The zero-order valence-electron chi connectivity index (χ0n) is 5.23. The van der Waals surface area contributed by atoms with Crippen molar-refractivity contribution in [3.8, 4) is 6.07 Å². The van der Waals surface area contributed by atoms with Gasteiger partial charge in [0.2, 0.25) is 0 Å². The first kappa shape index (κ1) is 6.49. The molecule has 0 aliphatic heterocycles. The molecule has 0 heterocycles. The minimum Gasteiger partial charge on any atom is -0.0811 e. The molecular formula is C6H12N+. The molecule has 0 N–H and O–H groups in total. The molecule has 0 saturated carbocycles. The quantitative estimate of drug-likeness (QED) is 0.437. The molecule has 40 valence electrons. The van der Waals surface area contributed by atoms with Gasteiger partial charge in [-0.05, 0) is 6.92 Å². The summed E-state index contributed by atoms with van der Waals surface area (Å²) in [4.78, 5) is 3.99. The lowest BCUT2D eigenvalue weighted by molar-refractivity contribution is 0.972. The normalized spacial score (nSPS) is 8.00. The van der Waals surface area contributed by atoms with Gasteiger partial charge in [-0.25, -0.2) is 0 Å². The zero-order chi connectivity index (χ0) is 5.70. The van der Waals surface area contributed by atoms with E-state index in [-0.39, 0.29) is 0 Å². The third-order valence-electron chi connectivity index (χ3n) is 0.508. The Labute approximate surface area is 45.2 Å². The molecule has 0 unspecified atom stereocenters. The van der Waals surface area contributed by atoms with E-state index in [0.29, 0.717) is 6.04 Å². The van der Waals surface area contributed by atoms with Gasteiger partial charge in [0.05, 0.1) is 6.42 Å². The van der Waals surface area contributed by atoms with Crippen LogP contribution >= 0.6 is 0 Å². The van der Waals surface area contributed by atoms with Crippen molar-refractivity contribution in [2.24, 2.45) is 0 Å². The molecule has 0 spiro atoms. The summed E-state index contributed by atoms with van der Waals surface area (Å²) in [5, 5.41) is 0. The highest BCUT2D eigenvalue weighted by Gasteiger charge is 1.93. The van der Waals surface area contributed by atoms with E-state index in [1.54, 1.807) is 0 Å². The molecule has 0 aliphatic carbocycles. The molecule has 0 aliphatic rings. The molecule has 0 rings (SSSR count). The molecule has 0 bridgehead atoms. The van der Waals surface area contributed by atoms with E-state index in [1.807, 2.05) is 20.8 Å². The van der Waals surface area contributed by atoms with E-state index in [4.69, 9.17) is 0 Å². The van der Waals surface area contributed by atoms with Crippen LogP contribution in [-0.4, -0.2) is 6.04 Å². The van der Waals surface area contributed by atoms with Gasteiger partial charge in [-0.1, -0.05) is 4.85 Å². The first-order chi connectivity index (χ1) is 3.27. The topological polar surface area (TPSA) is 4.36 Å². The summed E-state index contributed by atoms with van der Waals surface area (Å²) in [6.07, 6.45) is 0.929. The number of hydrogen-bond donors (Lipinski definition) is 0. The maximum Gasteiger partial charge on any atom is 0.272 e.